The summed E-state index contributed by atoms with van der Waals surface area (Å²) in [5.74, 6) is -2.82. The molecule has 3 rings (SSSR count). The number of hydrogen-bond acceptors (Lipinski definition) is 0. The molecule has 0 radical (unpaired) electrons. The molecule has 0 amide bonds. The van der Waals surface area contributed by atoms with Gasteiger partial charge in [0.25, 0.3) is 0 Å². The highest BCUT2D eigenvalue weighted by Gasteiger charge is 2.25. The SMILES string of the molecule is CCCc1ccc(C=CC2CCC(c3ccc(C)c(F)c3F)CC2)c(F)c1F. The van der Waals surface area contributed by atoms with Crippen molar-refractivity contribution in [2.45, 2.75) is 58.3 Å². The summed E-state index contributed by atoms with van der Waals surface area (Å²) in [5.41, 5.74) is 1.43. The molecule has 1 saturated carbocycles. The maximum Gasteiger partial charge on any atom is 0.166 e. The Morgan fingerprint density at radius 1 is 0.857 bits per heavy atom. The summed E-state index contributed by atoms with van der Waals surface area (Å²) in [6.45, 7) is 3.49. The summed E-state index contributed by atoms with van der Waals surface area (Å²) >= 11 is 0. The fourth-order valence-electron chi connectivity index (χ4n) is 4.03. The first kappa shape index (κ1) is 20.6. The average Bonchev–Trinajstić information content (AvgIpc) is 2.70. The van der Waals surface area contributed by atoms with Gasteiger partial charge >= 0.3 is 0 Å². The molecule has 1 aliphatic rings. The van der Waals surface area contributed by atoms with Crippen molar-refractivity contribution in [2.24, 2.45) is 5.92 Å². The number of allylic oxidation sites excluding steroid dienone is 1. The first-order valence-corrected chi connectivity index (χ1v) is 10.0. The molecular formula is C24H26F4. The van der Waals surface area contributed by atoms with Crippen molar-refractivity contribution in [2.75, 3.05) is 0 Å². The van der Waals surface area contributed by atoms with Gasteiger partial charge in [0.2, 0.25) is 0 Å². The molecular weight excluding hydrogens is 364 g/mol. The van der Waals surface area contributed by atoms with Gasteiger partial charge < -0.3 is 0 Å². The van der Waals surface area contributed by atoms with E-state index in [0.29, 0.717) is 23.1 Å². The van der Waals surface area contributed by atoms with Crippen LogP contribution in [0.25, 0.3) is 6.08 Å². The lowest BCUT2D eigenvalue weighted by atomic mass is 9.78. The van der Waals surface area contributed by atoms with Crippen molar-refractivity contribution < 1.29 is 17.6 Å². The molecule has 2 aromatic rings. The maximum absolute atomic E-state index is 14.2. The lowest BCUT2D eigenvalue weighted by Crippen LogP contribution is -2.13. The van der Waals surface area contributed by atoms with Gasteiger partial charge in [0.1, 0.15) is 0 Å². The minimum atomic E-state index is -0.798. The van der Waals surface area contributed by atoms with Crippen LogP contribution >= 0.6 is 0 Å². The number of benzene rings is 2. The summed E-state index contributed by atoms with van der Waals surface area (Å²) in [7, 11) is 0. The van der Waals surface area contributed by atoms with Gasteiger partial charge in [0, 0.05) is 5.56 Å². The van der Waals surface area contributed by atoms with Crippen LogP contribution in [-0.2, 0) is 6.42 Å². The van der Waals surface area contributed by atoms with Gasteiger partial charge in [-0.05, 0) is 67.6 Å². The van der Waals surface area contributed by atoms with Gasteiger partial charge in [-0.15, -0.1) is 0 Å². The van der Waals surface area contributed by atoms with Crippen LogP contribution in [0.5, 0.6) is 0 Å². The molecule has 0 unspecified atom stereocenters. The molecule has 0 heterocycles. The van der Waals surface area contributed by atoms with Gasteiger partial charge in [-0.1, -0.05) is 49.8 Å². The van der Waals surface area contributed by atoms with Crippen molar-refractivity contribution in [1.82, 2.24) is 0 Å². The smallest absolute Gasteiger partial charge is 0.166 e. The van der Waals surface area contributed by atoms with Crippen LogP contribution in [0.4, 0.5) is 17.6 Å². The van der Waals surface area contributed by atoms with Crippen LogP contribution in [0.1, 0.15) is 67.2 Å². The Balaban J connectivity index is 1.65. The van der Waals surface area contributed by atoms with Crippen LogP contribution in [0.3, 0.4) is 0 Å². The van der Waals surface area contributed by atoms with Crippen LogP contribution in [0.15, 0.2) is 30.3 Å². The van der Waals surface area contributed by atoms with Gasteiger partial charge in [0.05, 0.1) is 0 Å². The predicted molar refractivity (Wildman–Crippen MR) is 105 cm³/mol. The molecule has 0 bridgehead atoms. The highest BCUT2D eigenvalue weighted by Crippen LogP contribution is 2.38. The Bertz CT molecular complexity index is 861. The van der Waals surface area contributed by atoms with Gasteiger partial charge in [-0.2, -0.15) is 0 Å². The fraction of sp³-hybridized carbons (Fsp3) is 0.417. The minimum Gasteiger partial charge on any atom is -0.203 e. The van der Waals surface area contributed by atoms with E-state index in [0.717, 1.165) is 32.1 Å². The Hall–Kier alpha value is -2.10. The second kappa shape index (κ2) is 8.93. The zero-order valence-electron chi connectivity index (χ0n) is 16.4. The molecule has 28 heavy (non-hydrogen) atoms. The van der Waals surface area contributed by atoms with E-state index in [4.69, 9.17) is 0 Å². The summed E-state index contributed by atoms with van der Waals surface area (Å²) in [4.78, 5) is 0. The Labute approximate surface area is 164 Å². The summed E-state index contributed by atoms with van der Waals surface area (Å²) in [6, 6.07) is 6.58. The number of hydrogen-bond donors (Lipinski definition) is 0. The molecule has 4 heteroatoms. The maximum atomic E-state index is 14.2. The Morgan fingerprint density at radius 2 is 1.57 bits per heavy atom. The molecule has 1 aliphatic carbocycles. The van der Waals surface area contributed by atoms with Gasteiger partial charge in [-0.3, -0.25) is 0 Å². The van der Waals surface area contributed by atoms with Crippen LogP contribution in [0, 0.1) is 36.1 Å². The van der Waals surface area contributed by atoms with E-state index < -0.39 is 23.3 Å². The molecule has 1 fully saturated rings. The molecule has 0 nitrogen and oxygen atoms in total. The van der Waals surface area contributed by atoms with E-state index in [9.17, 15) is 17.6 Å². The van der Waals surface area contributed by atoms with Crippen LogP contribution in [0.2, 0.25) is 0 Å². The first-order chi connectivity index (χ1) is 13.4. The van der Waals surface area contributed by atoms with E-state index >= 15 is 0 Å². The lowest BCUT2D eigenvalue weighted by molar-refractivity contribution is 0.364. The summed E-state index contributed by atoms with van der Waals surface area (Å²) < 4.78 is 56.4. The minimum absolute atomic E-state index is 0.00209. The molecule has 0 aromatic heterocycles. The zero-order chi connectivity index (χ0) is 20.3. The first-order valence-electron chi connectivity index (χ1n) is 10.0. The van der Waals surface area contributed by atoms with Gasteiger partial charge in [-0.25, -0.2) is 17.6 Å². The van der Waals surface area contributed by atoms with E-state index in [2.05, 4.69) is 0 Å². The monoisotopic (exact) mass is 390 g/mol. The van der Waals surface area contributed by atoms with Crippen molar-refractivity contribution in [3.8, 4) is 0 Å². The predicted octanol–water partition coefficient (Wildman–Crippen LogP) is 7.49. The van der Waals surface area contributed by atoms with E-state index in [1.165, 1.54) is 0 Å². The lowest BCUT2D eigenvalue weighted by Gasteiger charge is -2.27. The van der Waals surface area contributed by atoms with Crippen molar-refractivity contribution >= 4 is 6.08 Å². The van der Waals surface area contributed by atoms with Crippen molar-refractivity contribution in [3.63, 3.8) is 0 Å². The van der Waals surface area contributed by atoms with Gasteiger partial charge in [0.15, 0.2) is 23.3 Å². The molecule has 0 atom stereocenters. The molecule has 0 N–H and O–H groups in total. The van der Waals surface area contributed by atoms with Crippen molar-refractivity contribution in [3.05, 3.63) is 75.9 Å². The van der Waals surface area contributed by atoms with E-state index in [1.54, 1.807) is 37.3 Å². The molecule has 150 valence electrons. The molecule has 2 aromatic carbocycles. The normalized spacial score (nSPS) is 20.1. The second-order valence-electron chi connectivity index (χ2n) is 7.76. The third-order valence-corrected chi connectivity index (χ3v) is 5.78. The largest absolute Gasteiger partial charge is 0.203 e. The molecule has 0 aliphatic heterocycles. The topological polar surface area (TPSA) is 0 Å². The quantitative estimate of drug-likeness (QED) is 0.464. The summed E-state index contributed by atoms with van der Waals surface area (Å²) in [5, 5.41) is 0. The average molecular weight is 390 g/mol. The molecule has 0 spiro atoms. The van der Waals surface area contributed by atoms with E-state index in [1.807, 2.05) is 13.0 Å². The highest BCUT2D eigenvalue weighted by molar-refractivity contribution is 5.51. The third-order valence-electron chi connectivity index (χ3n) is 5.78. The third kappa shape index (κ3) is 4.31. The summed E-state index contributed by atoms with van der Waals surface area (Å²) in [6.07, 6.45) is 7.97. The molecule has 0 saturated heterocycles. The second-order valence-corrected chi connectivity index (χ2v) is 7.76. The standard InChI is InChI=1S/C24H26F4/c1-3-4-18-12-13-19(23(27)22(18)26)11-8-16-6-9-17(10-7-16)20-14-5-15(2)21(25)24(20)28/h5,8,11-14,16-17H,3-4,6-7,9-10H2,1-2H3. The number of rotatable bonds is 5. The highest BCUT2D eigenvalue weighted by atomic mass is 19.2. The fourth-order valence-corrected chi connectivity index (χ4v) is 4.03. The van der Waals surface area contributed by atoms with Crippen LogP contribution < -0.4 is 0 Å². The number of aryl methyl sites for hydroxylation is 2. The Kier molecular flexibility index (Phi) is 6.58. The Morgan fingerprint density at radius 3 is 2.25 bits per heavy atom. The van der Waals surface area contributed by atoms with E-state index in [-0.39, 0.29) is 17.4 Å². The zero-order valence-corrected chi connectivity index (χ0v) is 16.4. The van der Waals surface area contributed by atoms with Crippen molar-refractivity contribution in [1.29, 1.82) is 0 Å². The number of halogens is 4. The van der Waals surface area contributed by atoms with Crippen LogP contribution in [-0.4, -0.2) is 0 Å².